The number of carbonyl (C=O) groups excluding carboxylic acids is 1. The fraction of sp³-hybridized carbons (Fsp3) is 0.556. The molecule has 14 heavy (non-hydrogen) atoms. The van der Waals surface area contributed by atoms with Crippen LogP contribution in [0.2, 0.25) is 0 Å². The van der Waals surface area contributed by atoms with E-state index in [1.165, 1.54) is 7.11 Å². The normalized spacial score (nSPS) is 10.3. The lowest BCUT2D eigenvalue weighted by molar-refractivity contribution is -0.0760. The predicted molar refractivity (Wildman–Crippen MR) is 51.7 cm³/mol. The first-order chi connectivity index (χ1) is 6.60. The summed E-state index contributed by atoms with van der Waals surface area (Å²) in [4.78, 5) is 16.4. The standard InChI is InChI=1S/C9H15N3O2/c1-5-7-6-8(10-11(7)2)9(13)12(3)14-4/h6H,5H2,1-4H3. The van der Waals surface area contributed by atoms with Gasteiger partial charge in [0, 0.05) is 19.8 Å². The molecule has 0 saturated carbocycles. The van der Waals surface area contributed by atoms with Crippen molar-refractivity contribution in [3.8, 4) is 0 Å². The molecule has 78 valence electrons. The molecule has 0 aliphatic heterocycles. The van der Waals surface area contributed by atoms with Gasteiger partial charge in [-0.15, -0.1) is 0 Å². The van der Waals surface area contributed by atoms with Crippen molar-refractivity contribution in [3.63, 3.8) is 0 Å². The Labute approximate surface area is 83.2 Å². The Bertz CT molecular complexity index is 333. The van der Waals surface area contributed by atoms with E-state index in [-0.39, 0.29) is 5.91 Å². The molecule has 0 aromatic carbocycles. The van der Waals surface area contributed by atoms with Crippen molar-refractivity contribution >= 4 is 5.91 Å². The summed E-state index contributed by atoms with van der Waals surface area (Å²) < 4.78 is 1.71. The third-order valence-corrected chi connectivity index (χ3v) is 2.12. The highest BCUT2D eigenvalue weighted by Crippen LogP contribution is 2.06. The zero-order chi connectivity index (χ0) is 10.7. The van der Waals surface area contributed by atoms with E-state index >= 15 is 0 Å². The van der Waals surface area contributed by atoms with Gasteiger partial charge >= 0.3 is 0 Å². The number of aromatic nitrogens is 2. The Morgan fingerprint density at radius 3 is 2.79 bits per heavy atom. The monoisotopic (exact) mass is 197 g/mol. The Hall–Kier alpha value is -1.36. The molecule has 0 unspecified atom stereocenters. The highest BCUT2D eigenvalue weighted by molar-refractivity contribution is 5.91. The molecule has 1 amide bonds. The number of aryl methyl sites for hydroxylation is 2. The Morgan fingerprint density at radius 1 is 1.71 bits per heavy atom. The lowest BCUT2D eigenvalue weighted by Crippen LogP contribution is -2.25. The first-order valence-electron chi connectivity index (χ1n) is 4.45. The van der Waals surface area contributed by atoms with Gasteiger partial charge in [-0.05, 0) is 12.5 Å². The van der Waals surface area contributed by atoms with Gasteiger partial charge in [0.25, 0.3) is 5.91 Å². The Morgan fingerprint density at radius 2 is 2.36 bits per heavy atom. The van der Waals surface area contributed by atoms with Gasteiger partial charge in [-0.2, -0.15) is 5.10 Å². The highest BCUT2D eigenvalue weighted by Gasteiger charge is 2.15. The molecule has 0 radical (unpaired) electrons. The van der Waals surface area contributed by atoms with Crippen LogP contribution in [0.25, 0.3) is 0 Å². The van der Waals surface area contributed by atoms with Gasteiger partial charge in [0.2, 0.25) is 0 Å². The summed E-state index contributed by atoms with van der Waals surface area (Å²) in [6.45, 7) is 2.02. The summed E-state index contributed by atoms with van der Waals surface area (Å²) in [5.74, 6) is -0.234. The fourth-order valence-corrected chi connectivity index (χ4v) is 1.19. The number of hydrogen-bond donors (Lipinski definition) is 0. The number of nitrogens with zero attached hydrogens (tertiary/aromatic N) is 3. The number of amides is 1. The topological polar surface area (TPSA) is 47.4 Å². The Balaban J connectivity index is 2.91. The van der Waals surface area contributed by atoms with E-state index in [4.69, 9.17) is 4.84 Å². The third kappa shape index (κ3) is 1.93. The maximum absolute atomic E-state index is 11.6. The molecule has 5 heteroatoms. The van der Waals surface area contributed by atoms with E-state index in [2.05, 4.69) is 5.10 Å². The summed E-state index contributed by atoms with van der Waals surface area (Å²) in [7, 11) is 4.83. The molecule has 0 atom stereocenters. The molecule has 0 aliphatic rings. The SMILES string of the molecule is CCc1cc(C(=O)N(C)OC)nn1C. The second-order valence-electron chi connectivity index (χ2n) is 2.98. The molecule has 1 rings (SSSR count). The van der Waals surface area contributed by atoms with Gasteiger partial charge in [-0.25, -0.2) is 5.06 Å². The van der Waals surface area contributed by atoms with Crippen LogP contribution in [0.4, 0.5) is 0 Å². The van der Waals surface area contributed by atoms with Crippen molar-refractivity contribution < 1.29 is 9.63 Å². The first kappa shape index (κ1) is 10.7. The quantitative estimate of drug-likeness (QED) is 0.667. The van der Waals surface area contributed by atoms with Crippen molar-refractivity contribution in [1.29, 1.82) is 0 Å². The third-order valence-electron chi connectivity index (χ3n) is 2.12. The average Bonchev–Trinajstić information content (AvgIpc) is 2.57. The highest BCUT2D eigenvalue weighted by atomic mass is 16.7. The van der Waals surface area contributed by atoms with E-state index in [0.29, 0.717) is 5.69 Å². The molecule has 5 nitrogen and oxygen atoms in total. The molecule has 1 aromatic rings. The molecule has 1 heterocycles. The Kier molecular flexibility index (Phi) is 3.24. The maximum Gasteiger partial charge on any atom is 0.297 e. The fourth-order valence-electron chi connectivity index (χ4n) is 1.19. The average molecular weight is 197 g/mol. The van der Waals surface area contributed by atoms with E-state index in [0.717, 1.165) is 17.2 Å². The van der Waals surface area contributed by atoms with Crippen LogP contribution in [0.1, 0.15) is 23.1 Å². The lowest BCUT2D eigenvalue weighted by atomic mass is 10.3. The summed E-state index contributed by atoms with van der Waals surface area (Å²) in [6.07, 6.45) is 0.855. The van der Waals surface area contributed by atoms with Crippen LogP contribution >= 0.6 is 0 Å². The minimum atomic E-state index is -0.234. The van der Waals surface area contributed by atoms with Crippen LogP contribution < -0.4 is 0 Å². The summed E-state index contributed by atoms with van der Waals surface area (Å²) in [5, 5.41) is 5.25. The molecule has 0 N–H and O–H groups in total. The molecule has 1 aromatic heterocycles. The number of hydrogen-bond acceptors (Lipinski definition) is 3. The maximum atomic E-state index is 11.6. The van der Waals surface area contributed by atoms with Crippen molar-refractivity contribution in [2.75, 3.05) is 14.2 Å². The smallest absolute Gasteiger partial charge is 0.274 e. The molecular weight excluding hydrogens is 182 g/mol. The molecule has 0 fully saturated rings. The zero-order valence-corrected chi connectivity index (χ0v) is 8.94. The molecular formula is C9H15N3O2. The minimum absolute atomic E-state index is 0.234. The number of carbonyl (C=O) groups is 1. The van der Waals surface area contributed by atoms with Gasteiger partial charge < -0.3 is 0 Å². The second kappa shape index (κ2) is 4.23. The van der Waals surface area contributed by atoms with Crippen molar-refractivity contribution in [2.24, 2.45) is 7.05 Å². The molecule has 0 spiro atoms. The van der Waals surface area contributed by atoms with Crippen molar-refractivity contribution in [1.82, 2.24) is 14.8 Å². The molecule has 0 bridgehead atoms. The summed E-state index contributed by atoms with van der Waals surface area (Å²) in [5.41, 5.74) is 1.44. The van der Waals surface area contributed by atoms with Crippen LogP contribution in [0.3, 0.4) is 0 Å². The van der Waals surface area contributed by atoms with E-state index in [1.807, 2.05) is 14.0 Å². The second-order valence-corrected chi connectivity index (χ2v) is 2.98. The van der Waals surface area contributed by atoms with E-state index in [1.54, 1.807) is 17.8 Å². The van der Waals surface area contributed by atoms with Crippen LogP contribution in [0, 0.1) is 0 Å². The van der Waals surface area contributed by atoms with Gasteiger partial charge in [-0.3, -0.25) is 14.3 Å². The first-order valence-corrected chi connectivity index (χ1v) is 4.45. The zero-order valence-electron chi connectivity index (χ0n) is 8.94. The molecule has 0 saturated heterocycles. The van der Waals surface area contributed by atoms with Crippen molar-refractivity contribution in [3.05, 3.63) is 17.5 Å². The minimum Gasteiger partial charge on any atom is -0.274 e. The predicted octanol–water partition coefficient (Wildman–Crippen LogP) is 0.616. The van der Waals surface area contributed by atoms with Crippen LogP contribution in [0.15, 0.2) is 6.07 Å². The van der Waals surface area contributed by atoms with E-state index < -0.39 is 0 Å². The van der Waals surface area contributed by atoms with Gasteiger partial charge in [-0.1, -0.05) is 6.92 Å². The van der Waals surface area contributed by atoms with Gasteiger partial charge in [0.15, 0.2) is 5.69 Å². The van der Waals surface area contributed by atoms with Crippen molar-refractivity contribution in [2.45, 2.75) is 13.3 Å². The largest absolute Gasteiger partial charge is 0.297 e. The number of rotatable bonds is 3. The summed E-state index contributed by atoms with van der Waals surface area (Å²) in [6, 6.07) is 1.78. The lowest BCUT2D eigenvalue weighted by Gasteiger charge is -2.10. The van der Waals surface area contributed by atoms with Crippen LogP contribution in [-0.4, -0.2) is 34.9 Å². The van der Waals surface area contributed by atoms with Gasteiger partial charge in [0.05, 0.1) is 7.11 Å². The van der Waals surface area contributed by atoms with Gasteiger partial charge in [0.1, 0.15) is 0 Å². The molecule has 0 aliphatic carbocycles. The number of hydroxylamine groups is 2. The summed E-state index contributed by atoms with van der Waals surface area (Å²) >= 11 is 0. The van der Waals surface area contributed by atoms with E-state index in [9.17, 15) is 4.79 Å². The van der Waals surface area contributed by atoms with Crippen LogP contribution in [0.5, 0.6) is 0 Å². The van der Waals surface area contributed by atoms with Crippen LogP contribution in [-0.2, 0) is 18.3 Å².